The Morgan fingerprint density at radius 3 is 2.62 bits per heavy atom. The van der Waals surface area contributed by atoms with E-state index in [2.05, 4.69) is 0 Å². The van der Waals surface area contributed by atoms with Crippen LogP contribution in [-0.2, 0) is 0 Å². The molecule has 16 heavy (non-hydrogen) atoms. The summed E-state index contributed by atoms with van der Waals surface area (Å²) in [5.41, 5.74) is 0.685. The third-order valence-electron chi connectivity index (χ3n) is 2.53. The molecule has 2 rings (SSSR count). The Labute approximate surface area is 104 Å². The first kappa shape index (κ1) is 11.4. The number of benzene rings is 2. The van der Waals surface area contributed by atoms with Crippen LogP contribution in [0.4, 0.5) is 0 Å². The van der Waals surface area contributed by atoms with Gasteiger partial charge >= 0.3 is 0 Å². The van der Waals surface area contributed by atoms with Gasteiger partial charge in [0.05, 0.1) is 0 Å². The molecule has 0 radical (unpaired) electrons. The molecule has 3 heteroatoms. The van der Waals surface area contributed by atoms with E-state index in [0.29, 0.717) is 22.0 Å². The maximum absolute atomic E-state index is 11.8. The number of fused-ring (bicyclic) bond motifs is 1. The van der Waals surface area contributed by atoms with E-state index < -0.39 is 0 Å². The maximum Gasteiger partial charge on any atom is 0.163 e. The summed E-state index contributed by atoms with van der Waals surface area (Å²) in [6.07, 6.45) is 0.475. The minimum absolute atomic E-state index is 0.101. The van der Waals surface area contributed by atoms with E-state index in [9.17, 15) is 4.79 Å². The van der Waals surface area contributed by atoms with Crippen LogP contribution in [0.3, 0.4) is 0 Å². The van der Waals surface area contributed by atoms with E-state index in [1.165, 1.54) is 0 Å². The molecular formula is C13H10Cl2O. The van der Waals surface area contributed by atoms with Gasteiger partial charge in [-0.2, -0.15) is 0 Å². The summed E-state index contributed by atoms with van der Waals surface area (Å²) in [6, 6.07) is 9.00. The number of carbonyl (C=O) groups excluding carboxylic acids is 1. The van der Waals surface area contributed by atoms with Crippen molar-refractivity contribution >= 4 is 39.8 Å². The predicted octanol–water partition coefficient (Wildman–Crippen LogP) is 4.74. The lowest BCUT2D eigenvalue weighted by Crippen LogP contribution is -1.97. The molecule has 2 aromatic rings. The summed E-state index contributed by atoms with van der Waals surface area (Å²) in [5.74, 6) is 0.101. The fraction of sp³-hybridized carbons (Fsp3) is 0.154. The van der Waals surface area contributed by atoms with Crippen LogP contribution in [0.1, 0.15) is 23.7 Å². The predicted molar refractivity (Wildman–Crippen MR) is 68.6 cm³/mol. The van der Waals surface area contributed by atoms with E-state index in [-0.39, 0.29) is 5.78 Å². The van der Waals surface area contributed by atoms with Gasteiger partial charge in [-0.15, -0.1) is 0 Å². The second-order valence-corrected chi connectivity index (χ2v) is 4.41. The first-order valence-corrected chi connectivity index (χ1v) is 5.80. The van der Waals surface area contributed by atoms with Gasteiger partial charge in [0.2, 0.25) is 0 Å². The van der Waals surface area contributed by atoms with Gasteiger partial charge in [0, 0.05) is 27.4 Å². The molecule has 0 heterocycles. The first-order chi connectivity index (χ1) is 7.63. The number of hydrogen-bond acceptors (Lipinski definition) is 1. The Hall–Kier alpha value is -1.05. The van der Waals surface area contributed by atoms with Gasteiger partial charge < -0.3 is 0 Å². The van der Waals surface area contributed by atoms with Gasteiger partial charge in [-0.3, -0.25) is 4.79 Å². The van der Waals surface area contributed by atoms with Crippen molar-refractivity contribution in [2.75, 3.05) is 0 Å². The van der Waals surface area contributed by atoms with E-state index in [1.807, 2.05) is 19.1 Å². The van der Waals surface area contributed by atoms with Crippen molar-refractivity contribution in [1.82, 2.24) is 0 Å². The average molecular weight is 253 g/mol. The molecule has 0 unspecified atom stereocenters. The number of rotatable bonds is 2. The van der Waals surface area contributed by atoms with E-state index >= 15 is 0 Å². The average Bonchev–Trinajstić information content (AvgIpc) is 2.27. The normalized spacial score (nSPS) is 10.7. The van der Waals surface area contributed by atoms with Crippen LogP contribution in [0.15, 0.2) is 30.3 Å². The summed E-state index contributed by atoms with van der Waals surface area (Å²) in [5, 5.41) is 2.82. The molecule has 1 nitrogen and oxygen atoms in total. The van der Waals surface area contributed by atoms with Crippen LogP contribution in [0.5, 0.6) is 0 Å². The van der Waals surface area contributed by atoms with Crippen LogP contribution >= 0.6 is 23.2 Å². The zero-order valence-electron chi connectivity index (χ0n) is 8.76. The van der Waals surface area contributed by atoms with Gasteiger partial charge in [-0.05, 0) is 17.5 Å². The lowest BCUT2D eigenvalue weighted by atomic mass is 10.0. The Morgan fingerprint density at radius 2 is 1.94 bits per heavy atom. The van der Waals surface area contributed by atoms with E-state index in [4.69, 9.17) is 23.2 Å². The SMILES string of the molecule is CCC(=O)c1cccc2c(Cl)cc(Cl)cc12. The molecule has 0 aliphatic carbocycles. The number of Topliss-reactive ketones (excluding diaryl/α,β-unsaturated/α-hetero) is 1. The summed E-state index contributed by atoms with van der Waals surface area (Å²) in [6.45, 7) is 1.84. The zero-order valence-corrected chi connectivity index (χ0v) is 10.3. The standard InChI is InChI=1S/C13H10Cl2O/c1-2-13(16)10-5-3-4-9-11(10)6-8(14)7-12(9)15/h3-7H,2H2,1H3. The fourth-order valence-electron chi connectivity index (χ4n) is 1.74. The zero-order chi connectivity index (χ0) is 11.7. The summed E-state index contributed by atoms with van der Waals surface area (Å²) >= 11 is 12.0. The Bertz CT molecular complexity index is 561. The van der Waals surface area contributed by atoms with Gasteiger partial charge in [-0.25, -0.2) is 0 Å². The van der Waals surface area contributed by atoms with Gasteiger partial charge in [0.25, 0.3) is 0 Å². The van der Waals surface area contributed by atoms with Gasteiger partial charge in [0.15, 0.2) is 5.78 Å². The van der Waals surface area contributed by atoms with Crippen LogP contribution in [-0.4, -0.2) is 5.78 Å². The van der Waals surface area contributed by atoms with Crippen molar-refractivity contribution in [1.29, 1.82) is 0 Å². The summed E-state index contributed by atoms with van der Waals surface area (Å²) < 4.78 is 0. The van der Waals surface area contributed by atoms with Gasteiger partial charge in [0.1, 0.15) is 0 Å². The van der Waals surface area contributed by atoms with Crippen molar-refractivity contribution in [3.05, 3.63) is 45.9 Å². The minimum atomic E-state index is 0.101. The Balaban J connectivity index is 2.81. The molecule has 0 N–H and O–H groups in total. The molecule has 0 atom stereocenters. The molecule has 0 amide bonds. The van der Waals surface area contributed by atoms with E-state index in [0.717, 1.165) is 10.8 Å². The highest BCUT2D eigenvalue weighted by atomic mass is 35.5. The monoisotopic (exact) mass is 252 g/mol. The minimum Gasteiger partial charge on any atom is -0.294 e. The van der Waals surface area contributed by atoms with Crippen LogP contribution < -0.4 is 0 Å². The molecule has 0 spiro atoms. The van der Waals surface area contributed by atoms with Crippen LogP contribution in [0.2, 0.25) is 10.0 Å². The Kier molecular flexibility index (Phi) is 3.17. The Morgan fingerprint density at radius 1 is 1.19 bits per heavy atom. The van der Waals surface area contributed by atoms with Crippen molar-refractivity contribution in [2.45, 2.75) is 13.3 Å². The molecule has 0 fully saturated rings. The number of ketones is 1. The van der Waals surface area contributed by atoms with E-state index in [1.54, 1.807) is 18.2 Å². The van der Waals surface area contributed by atoms with Crippen molar-refractivity contribution in [2.24, 2.45) is 0 Å². The highest BCUT2D eigenvalue weighted by molar-refractivity contribution is 6.39. The second-order valence-electron chi connectivity index (χ2n) is 3.57. The highest BCUT2D eigenvalue weighted by Gasteiger charge is 2.10. The lowest BCUT2D eigenvalue weighted by molar-refractivity contribution is 0.0990. The fourth-order valence-corrected chi connectivity index (χ4v) is 2.30. The van der Waals surface area contributed by atoms with Crippen LogP contribution in [0, 0.1) is 0 Å². The quantitative estimate of drug-likeness (QED) is 0.706. The molecule has 0 bridgehead atoms. The molecule has 0 aromatic heterocycles. The molecule has 0 aliphatic rings. The third kappa shape index (κ3) is 1.93. The molecular weight excluding hydrogens is 243 g/mol. The van der Waals surface area contributed by atoms with Gasteiger partial charge in [-0.1, -0.05) is 48.3 Å². The summed E-state index contributed by atoms with van der Waals surface area (Å²) in [4.78, 5) is 11.8. The van der Waals surface area contributed by atoms with Crippen LogP contribution in [0.25, 0.3) is 10.8 Å². The largest absolute Gasteiger partial charge is 0.294 e. The topological polar surface area (TPSA) is 17.1 Å². The second kappa shape index (κ2) is 4.44. The first-order valence-electron chi connectivity index (χ1n) is 5.04. The lowest BCUT2D eigenvalue weighted by Gasteiger charge is -2.06. The molecule has 0 saturated heterocycles. The third-order valence-corrected chi connectivity index (χ3v) is 3.06. The van der Waals surface area contributed by atoms with Crippen molar-refractivity contribution in [3.63, 3.8) is 0 Å². The molecule has 0 aliphatic heterocycles. The van der Waals surface area contributed by atoms with Crippen molar-refractivity contribution in [3.8, 4) is 0 Å². The smallest absolute Gasteiger partial charge is 0.163 e. The number of hydrogen-bond donors (Lipinski definition) is 0. The van der Waals surface area contributed by atoms with Crippen molar-refractivity contribution < 1.29 is 4.79 Å². The number of halogens is 2. The molecule has 82 valence electrons. The summed E-state index contributed by atoms with van der Waals surface area (Å²) in [7, 11) is 0. The molecule has 2 aromatic carbocycles. The molecule has 0 saturated carbocycles. The highest BCUT2D eigenvalue weighted by Crippen LogP contribution is 2.30. The maximum atomic E-state index is 11.8. The number of carbonyl (C=O) groups is 1.